The third-order valence-electron chi connectivity index (χ3n) is 5.10. The normalized spacial score (nSPS) is 33.1. The van der Waals surface area contributed by atoms with Gasteiger partial charge < -0.3 is 10.6 Å². The fourth-order valence-electron chi connectivity index (χ4n) is 3.66. The second-order valence-corrected chi connectivity index (χ2v) is 7.21. The Hall–Kier alpha value is -1.63. The van der Waals surface area contributed by atoms with Gasteiger partial charge in [0.2, 0.25) is 6.04 Å². The van der Waals surface area contributed by atoms with Crippen molar-refractivity contribution in [2.24, 2.45) is 11.8 Å². The molecule has 2 aliphatic carbocycles. The lowest BCUT2D eigenvalue weighted by molar-refractivity contribution is -0.526. The number of nitrogens with one attached hydrogen (secondary N) is 2. The standard InChI is InChI=1S/C15H21F3N4O2S/c16-15(17,18)13-7-11(2-1-9(13)8-19)21-14(25)20-10-3-5-12(6-4-10)22(23)24/h9-13H,1-7H2,(H2,20,21,25). The van der Waals surface area contributed by atoms with E-state index in [1.54, 1.807) is 6.07 Å². The highest BCUT2D eigenvalue weighted by Crippen LogP contribution is 2.41. The topological polar surface area (TPSA) is 91.0 Å². The van der Waals surface area contributed by atoms with Crippen LogP contribution in [0.3, 0.4) is 0 Å². The Morgan fingerprint density at radius 2 is 1.68 bits per heavy atom. The predicted molar refractivity (Wildman–Crippen MR) is 88.2 cm³/mol. The monoisotopic (exact) mass is 378 g/mol. The number of thiocarbonyl (C=S) groups is 1. The van der Waals surface area contributed by atoms with Gasteiger partial charge in [0.1, 0.15) is 0 Å². The van der Waals surface area contributed by atoms with Crippen LogP contribution in [0.5, 0.6) is 0 Å². The summed E-state index contributed by atoms with van der Waals surface area (Å²) in [5.41, 5.74) is 0. The van der Waals surface area contributed by atoms with Crippen molar-refractivity contribution >= 4 is 17.3 Å². The minimum Gasteiger partial charge on any atom is -0.360 e. The first-order chi connectivity index (χ1) is 11.7. The molecule has 0 spiro atoms. The summed E-state index contributed by atoms with van der Waals surface area (Å²) in [4.78, 5) is 10.5. The van der Waals surface area contributed by atoms with Gasteiger partial charge in [-0.3, -0.25) is 10.1 Å². The first-order valence-electron chi connectivity index (χ1n) is 8.37. The summed E-state index contributed by atoms with van der Waals surface area (Å²) in [6.45, 7) is 0. The lowest BCUT2D eigenvalue weighted by atomic mass is 9.77. The van der Waals surface area contributed by atoms with Crippen molar-refractivity contribution in [3.8, 4) is 6.07 Å². The number of hydrogen-bond donors (Lipinski definition) is 2. The molecule has 2 aliphatic rings. The molecule has 0 aromatic heterocycles. The molecule has 25 heavy (non-hydrogen) atoms. The maximum absolute atomic E-state index is 13.1. The second kappa shape index (κ2) is 8.17. The number of alkyl halides is 3. The van der Waals surface area contributed by atoms with Crippen LogP contribution in [0.4, 0.5) is 13.2 Å². The van der Waals surface area contributed by atoms with Gasteiger partial charge in [0.25, 0.3) is 0 Å². The Kier molecular flexibility index (Phi) is 6.43. The number of rotatable bonds is 3. The van der Waals surface area contributed by atoms with Crippen molar-refractivity contribution in [3.63, 3.8) is 0 Å². The zero-order valence-electron chi connectivity index (χ0n) is 13.6. The van der Waals surface area contributed by atoms with Crippen LogP contribution >= 0.6 is 12.2 Å². The van der Waals surface area contributed by atoms with Crippen LogP contribution in [0.15, 0.2) is 0 Å². The van der Waals surface area contributed by atoms with Gasteiger partial charge in [0, 0.05) is 29.8 Å². The molecule has 10 heteroatoms. The minimum atomic E-state index is -4.39. The molecule has 0 heterocycles. The Balaban J connectivity index is 1.81. The molecule has 0 bridgehead atoms. The summed E-state index contributed by atoms with van der Waals surface area (Å²) in [6, 6.07) is 0.822. The number of hydrogen-bond acceptors (Lipinski definition) is 4. The predicted octanol–water partition coefficient (Wildman–Crippen LogP) is 2.91. The molecule has 3 unspecified atom stereocenters. The van der Waals surface area contributed by atoms with Crippen LogP contribution in [-0.4, -0.2) is 34.3 Å². The average molecular weight is 378 g/mol. The zero-order chi connectivity index (χ0) is 18.6. The van der Waals surface area contributed by atoms with E-state index in [0.29, 0.717) is 32.1 Å². The lowest BCUT2D eigenvalue weighted by Gasteiger charge is -2.35. The van der Waals surface area contributed by atoms with Crippen molar-refractivity contribution in [3.05, 3.63) is 10.1 Å². The zero-order valence-corrected chi connectivity index (χ0v) is 14.4. The van der Waals surface area contributed by atoms with Gasteiger partial charge in [-0.15, -0.1) is 0 Å². The minimum absolute atomic E-state index is 0.00469. The molecule has 3 atom stereocenters. The largest absolute Gasteiger partial charge is 0.393 e. The number of nitriles is 1. The molecule has 0 aliphatic heterocycles. The van der Waals surface area contributed by atoms with E-state index in [2.05, 4.69) is 10.6 Å². The van der Waals surface area contributed by atoms with Crippen molar-refractivity contribution in [1.29, 1.82) is 5.26 Å². The van der Waals surface area contributed by atoms with Crippen LogP contribution < -0.4 is 10.6 Å². The number of halogens is 3. The summed E-state index contributed by atoms with van der Waals surface area (Å²) >= 11 is 5.18. The van der Waals surface area contributed by atoms with Gasteiger partial charge >= 0.3 is 6.18 Å². The van der Waals surface area contributed by atoms with E-state index in [4.69, 9.17) is 17.5 Å². The van der Waals surface area contributed by atoms with Gasteiger partial charge in [-0.2, -0.15) is 18.4 Å². The SMILES string of the molecule is N#CC1CCC(NC(=S)NC2CCC([N+](=O)[O-])CC2)CC1C(F)(F)F. The van der Waals surface area contributed by atoms with Gasteiger partial charge in [0.15, 0.2) is 5.11 Å². The van der Waals surface area contributed by atoms with E-state index >= 15 is 0 Å². The third kappa shape index (κ3) is 5.42. The van der Waals surface area contributed by atoms with E-state index in [0.717, 1.165) is 0 Å². The Labute approximate surface area is 149 Å². The van der Waals surface area contributed by atoms with Crippen molar-refractivity contribution in [2.45, 2.75) is 69.2 Å². The molecule has 0 saturated heterocycles. The summed E-state index contributed by atoms with van der Waals surface area (Å²) in [5.74, 6) is -2.64. The maximum Gasteiger partial charge on any atom is 0.393 e. The lowest BCUT2D eigenvalue weighted by Crippen LogP contribution is -2.50. The molecule has 0 aromatic rings. The van der Waals surface area contributed by atoms with Crippen LogP contribution in [0.2, 0.25) is 0 Å². The van der Waals surface area contributed by atoms with E-state index in [1.165, 1.54) is 0 Å². The quantitative estimate of drug-likeness (QED) is 0.446. The van der Waals surface area contributed by atoms with Gasteiger partial charge in [-0.25, -0.2) is 0 Å². The Morgan fingerprint density at radius 1 is 1.12 bits per heavy atom. The average Bonchev–Trinajstić information content (AvgIpc) is 2.54. The molecule has 140 valence electrons. The summed E-state index contributed by atoms with van der Waals surface area (Å²) < 4.78 is 39.2. The van der Waals surface area contributed by atoms with E-state index in [9.17, 15) is 23.3 Å². The Morgan fingerprint density at radius 3 is 2.20 bits per heavy atom. The molecular formula is C15H21F3N4O2S. The fourth-order valence-corrected chi connectivity index (χ4v) is 3.99. The molecule has 2 rings (SSSR count). The second-order valence-electron chi connectivity index (χ2n) is 6.80. The van der Waals surface area contributed by atoms with Crippen LogP contribution in [0, 0.1) is 33.3 Å². The van der Waals surface area contributed by atoms with Gasteiger partial charge in [-0.1, -0.05) is 0 Å². The van der Waals surface area contributed by atoms with Gasteiger partial charge in [-0.05, 0) is 44.3 Å². The fraction of sp³-hybridized carbons (Fsp3) is 0.867. The molecule has 2 saturated carbocycles. The summed E-state index contributed by atoms with van der Waals surface area (Å²) in [5, 5.41) is 25.9. The maximum atomic E-state index is 13.1. The smallest absolute Gasteiger partial charge is 0.360 e. The number of nitro groups is 1. The molecular weight excluding hydrogens is 357 g/mol. The molecule has 2 N–H and O–H groups in total. The van der Waals surface area contributed by atoms with E-state index in [1.807, 2.05) is 0 Å². The molecule has 6 nitrogen and oxygen atoms in total. The van der Waals surface area contributed by atoms with Crippen LogP contribution in [-0.2, 0) is 0 Å². The number of nitrogens with zero attached hydrogens (tertiary/aromatic N) is 2. The van der Waals surface area contributed by atoms with Gasteiger partial charge in [0.05, 0.1) is 17.9 Å². The first kappa shape index (κ1) is 19.7. The summed E-state index contributed by atoms with van der Waals surface area (Å²) in [7, 11) is 0. The summed E-state index contributed by atoms with van der Waals surface area (Å²) in [6.07, 6.45) is -1.75. The highest BCUT2D eigenvalue weighted by molar-refractivity contribution is 7.80. The highest BCUT2D eigenvalue weighted by Gasteiger charge is 2.48. The molecule has 2 fully saturated rings. The molecule has 0 radical (unpaired) electrons. The van der Waals surface area contributed by atoms with Crippen LogP contribution in [0.1, 0.15) is 44.9 Å². The van der Waals surface area contributed by atoms with E-state index < -0.39 is 30.1 Å². The van der Waals surface area contributed by atoms with Crippen molar-refractivity contribution in [2.75, 3.05) is 0 Å². The first-order valence-corrected chi connectivity index (χ1v) is 8.78. The molecule has 0 aromatic carbocycles. The third-order valence-corrected chi connectivity index (χ3v) is 5.34. The van der Waals surface area contributed by atoms with Crippen molar-refractivity contribution < 1.29 is 18.1 Å². The van der Waals surface area contributed by atoms with Crippen LogP contribution in [0.25, 0.3) is 0 Å². The van der Waals surface area contributed by atoms with E-state index in [-0.39, 0.29) is 28.9 Å². The highest BCUT2D eigenvalue weighted by atomic mass is 32.1. The Bertz CT molecular complexity index is 544. The molecule has 0 amide bonds. The van der Waals surface area contributed by atoms with Crippen molar-refractivity contribution in [1.82, 2.24) is 10.6 Å².